The second-order valence-electron chi connectivity index (χ2n) is 16.2. The molecule has 11 nitrogen and oxygen atoms in total. The van der Waals surface area contributed by atoms with Crippen molar-refractivity contribution in [2.75, 3.05) is 43.2 Å². The zero-order valence-electron chi connectivity index (χ0n) is 31.0. The number of hydrogen-bond donors (Lipinski definition) is 1. The van der Waals surface area contributed by atoms with Crippen LogP contribution in [0.3, 0.4) is 0 Å². The molecule has 1 saturated heterocycles. The van der Waals surface area contributed by atoms with E-state index >= 15 is 0 Å². The summed E-state index contributed by atoms with van der Waals surface area (Å²) in [5.41, 5.74) is 0.118. The Bertz CT molecular complexity index is 1610. The first-order valence-corrected chi connectivity index (χ1v) is 18.5. The molecule has 0 radical (unpaired) electrons. The Morgan fingerprint density at radius 2 is 1.69 bits per heavy atom. The maximum Gasteiger partial charge on any atom is 0.410 e. The molecule has 2 saturated carbocycles. The van der Waals surface area contributed by atoms with E-state index < -0.39 is 34.7 Å². The number of fused-ring (bicyclic) bond motifs is 1. The molecule has 3 fully saturated rings. The minimum Gasteiger partial charge on any atom is -0.476 e. The average Bonchev–Trinajstić information content (AvgIpc) is 3.81. The lowest BCUT2D eigenvalue weighted by atomic mass is 9.84. The molecule has 2 aromatic carbocycles. The molecular formula is C40H54N4O7. The maximum absolute atomic E-state index is 14.7. The molecule has 51 heavy (non-hydrogen) atoms. The van der Waals surface area contributed by atoms with Crippen molar-refractivity contribution in [3.8, 4) is 5.75 Å². The number of nitrogens with zero attached hydrogens (tertiary/aromatic N) is 3. The largest absolute Gasteiger partial charge is 0.476 e. The van der Waals surface area contributed by atoms with Gasteiger partial charge in [-0.15, -0.1) is 0 Å². The summed E-state index contributed by atoms with van der Waals surface area (Å²) >= 11 is 0. The number of carbonyl (C=O) groups excluding carboxylic acids is 4. The van der Waals surface area contributed by atoms with Crippen molar-refractivity contribution in [3.63, 3.8) is 0 Å². The summed E-state index contributed by atoms with van der Waals surface area (Å²) in [7, 11) is 1.63. The highest BCUT2D eigenvalue weighted by Gasteiger charge is 2.46. The molecule has 2 aliphatic carbocycles. The fraction of sp³-hybridized carbons (Fsp3) is 0.600. The number of amides is 4. The van der Waals surface area contributed by atoms with Crippen molar-refractivity contribution in [2.24, 2.45) is 11.8 Å². The third-order valence-corrected chi connectivity index (χ3v) is 10.5. The SMILES string of the molecule is COCCCN1C(=O)C(C)(C)Oc2ccc(N(C(=O)[C@@H]3C[C@H](C(=O)NC4(c5ccccc5)CCCC4)CN(C(=O)OC(C)(C)C)C3)C3CC3)cc21. The second kappa shape index (κ2) is 14.5. The fourth-order valence-corrected chi connectivity index (χ4v) is 7.85. The highest BCUT2D eigenvalue weighted by Crippen LogP contribution is 2.44. The number of piperidine rings is 1. The molecule has 2 aliphatic heterocycles. The smallest absolute Gasteiger partial charge is 0.410 e. The number of hydrogen-bond acceptors (Lipinski definition) is 7. The molecule has 2 aromatic rings. The molecule has 2 heterocycles. The van der Waals surface area contributed by atoms with Crippen LogP contribution in [0.5, 0.6) is 5.75 Å². The number of anilines is 2. The number of benzene rings is 2. The summed E-state index contributed by atoms with van der Waals surface area (Å²) in [6.45, 7) is 10.2. The number of ether oxygens (including phenoxy) is 3. The maximum atomic E-state index is 14.7. The summed E-state index contributed by atoms with van der Waals surface area (Å²) in [6, 6.07) is 15.7. The van der Waals surface area contributed by atoms with Gasteiger partial charge in [0.1, 0.15) is 11.4 Å². The van der Waals surface area contributed by atoms with Crippen molar-refractivity contribution in [1.82, 2.24) is 10.2 Å². The molecule has 4 aliphatic rings. The first-order valence-electron chi connectivity index (χ1n) is 18.5. The van der Waals surface area contributed by atoms with Crippen molar-refractivity contribution in [3.05, 3.63) is 54.1 Å². The molecule has 2 atom stereocenters. The summed E-state index contributed by atoms with van der Waals surface area (Å²) in [4.78, 5) is 61.2. The van der Waals surface area contributed by atoms with Crippen LogP contribution in [-0.4, -0.2) is 79.3 Å². The Balaban J connectivity index is 1.29. The lowest BCUT2D eigenvalue weighted by Gasteiger charge is -2.41. The molecule has 0 spiro atoms. The van der Waals surface area contributed by atoms with E-state index in [1.807, 2.05) is 62.1 Å². The minimum atomic E-state index is -1.03. The first-order chi connectivity index (χ1) is 24.2. The van der Waals surface area contributed by atoms with Gasteiger partial charge in [0.25, 0.3) is 5.91 Å². The van der Waals surface area contributed by atoms with Gasteiger partial charge in [0, 0.05) is 45.1 Å². The number of methoxy groups -OCH3 is 1. The molecule has 1 N–H and O–H groups in total. The van der Waals surface area contributed by atoms with Crippen LogP contribution in [0, 0.1) is 11.8 Å². The Morgan fingerprint density at radius 1 is 1.00 bits per heavy atom. The molecule has 6 rings (SSSR count). The van der Waals surface area contributed by atoms with Gasteiger partial charge in [-0.2, -0.15) is 0 Å². The van der Waals surface area contributed by atoms with Crippen molar-refractivity contribution in [2.45, 2.75) is 109 Å². The van der Waals surface area contributed by atoms with Crippen LogP contribution in [0.15, 0.2) is 48.5 Å². The normalized spacial score (nSPS) is 22.5. The lowest BCUT2D eigenvalue weighted by molar-refractivity contribution is -0.133. The van der Waals surface area contributed by atoms with Crippen molar-refractivity contribution in [1.29, 1.82) is 0 Å². The van der Waals surface area contributed by atoms with Gasteiger partial charge in [-0.25, -0.2) is 4.79 Å². The Morgan fingerprint density at radius 3 is 2.33 bits per heavy atom. The van der Waals surface area contributed by atoms with Gasteiger partial charge in [-0.3, -0.25) is 14.4 Å². The number of nitrogens with one attached hydrogen (secondary N) is 1. The van der Waals surface area contributed by atoms with E-state index in [-0.39, 0.29) is 36.9 Å². The summed E-state index contributed by atoms with van der Waals surface area (Å²) in [5.74, 6) is -1.11. The predicted octanol–water partition coefficient (Wildman–Crippen LogP) is 6.18. The molecule has 0 aromatic heterocycles. The van der Waals surface area contributed by atoms with E-state index in [4.69, 9.17) is 14.2 Å². The third-order valence-electron chi connectivity index (χ3n) is 10.5. The van der Waals surface area contributed by atoms with E-state index in [1.165, 1.54) is 4.90 Å². The topological polar surface area (TPSA) is 118 Å². The van der Waals surface area contributed by atoms with Gasteiger partial charge in [0.2, 0.25) is 11.8 Å². The minimum absolute atomic E-state index is 0.0156. The van der Waals surface area contributed by atoms with E-state index in [0.717, 1.165) is 44.1 Å². The second-order valence-corrected chi connectivity index (χ2v) is 16.2. The quantitative estimate of drug-likeness (QED) is 0.294. The number of likely N-dealkylation sites (tertiary alicyclic amines) is 1. The Labute approximate surface area is 301 Å². The van der Waals surface area contributed by atoms with Crippen LogP contribution in [-0.2, 0) is 29.4 Å². The summed E-state index contributed by atoms with van der Waals surface area (Å²) < 4.78 is 17.2. The van der Waals surface area contributed by atoms with Crippen LogP contribution in [0.25, 0.3) is 0 Å². The van der Waals surface area contributed by atoms with Crippen molar-refractivity contribution < 1.29 is 33.4 Å². The Hall–Kier alpha value is -4.12. The highest BCUT2D eigenvalue weighted by molar-refractivity contribution is 6.04. The summed E-state index contributed by atoms with van der Waals surface area (Å²) in [6.07, 6.45) is 5.81. The van der Waals surface area contributed by atoms with E-state index in [2.05, 4.69) is 17.4 Å². The highest BCUT2D eigenvalue weighted by atomic mass is 16.6. The molecular weight excluding hydrogens is 648 g/mol. The average molecular weight is 703 g/mol. The molecule has 0 bridgehead atoms. The van der Waals surface area contributed by atoms with Crippen molar-refractivity contribution >= 4 is 35.2 Å². The van der Waals surface area contributed by atoms with E-state index in [0.29, 0.717) is 43.1 Å². The molecule has 4 amide bonds. The fourth-order valence-electron chi connectivity index (χ4n) is 7.85. The van der Waals surface area contributed by atoms with Crippen LogP contribution in [0.1, 0.15) is 91.5 Å². The van der Waals surface area contributed by atoms with Gasteiger partial charge < -0.3 is 34.2 Å². The molecule has 11 heteroatoms. The Kier molecular flexibility index (Phi) is 10.4. The van der Waals surface area contributed by atoms with Gasteiger partial charge in [-0.1, -0.05) is 43.2 Å². The predicted molar refractivity (Wildman–Crippen MR) is 195 cm³/mol. The van der Waals surface area contributed by atoms with Gasteiger partial charge in [0.15, 0.2) is 5.60 Å². The van der Waals surface area contributed by atoms with Gasteiger partial charge in [0.05, 0.1) is 23.1 Å². The van der Waals surface area contributed by atoms with Gasteiger partial charge in [-0.05, 0) is 96.9 Å². The first kappa shape index (κ1) is 36.7. The van der Waals surface area contributed by atoms with Crippen LogP contribution in [0.4, 0.5) is 16.2 Å². The van der Waals surface area contributed by atoms with Crippen LogP contribution in [0.2, 0.25) is 0 Å². The number of carbonyl (C=O) groups is 4. The number of rotatable bonds is 10. The zero-order chi connectivity index (χ0) is 36.6. The summed E-state index contributed by atoms with van der Waals surface area (Å²) in [5, 5.41) is 3.41. The van der Waals surface area contributed by atoms with E-state index in [9.17, 15) is 19.2 Å². The van der Waals surface area contributed by atoms with Crippen LogP contribution < -0.4 is 19.9 Å². The lowest BCUT2D eigenvalue weighted by Crippen LogP contribution is -2.55. The molecule has 0 unspecified atom stereocenters. The molecule has 276 valence electrons. The monoisotopic (exact) mass is 702 g/mol. The standard InChI is InChI=1S/C40H54N4O7/c1-38(2,3)51-37(48)42-25-27(34(45)41-40(19-10-11-20-40)29-13-8-7-9-14-29)23-28(26-42)35(46)44(30-15-16-30)31-17-18-33-32(24-31)43(21-12-22-49-6)36(47)39(4,5)50-33/h7-9,13-14,17-18,24,27-28,30H,10-12,15-16,19-23,25-26H2,1-6H3,(H,41,45)/t27-,28+/m0/s1. The van der Waals surface area contributed by atoms with Gasteiger partial charge >= 0.3 is 6.09 Å². The van der Waals surface area contributed by atoms with Crippen LogP contribution >= 0.6 is 0 Å². The van der Waals surface area contributed by atoms with E-state index in [1.54, 1.807) is 25.9 Å². The zero-order valence-corrected chi connectivity index (χ0v) is 31.0. The third kappa shape index (κ3) is 8.03.